The molecule has 1 unspecified atom stereocenters. The highest BCUT2D eigenvalue weighted by Crippen LogP contribution is 2.40. The third-order valence-corrected chi connectivity index (χ3v) is 3.60. The molecule has 1 saturated carbocycles. The van der Waals surface area contributed by atoms with Crippen LogP contribution < -0.4 is 11.1 Å². The quantitative estimate of drug-likeness (QED) is 0.651. The summed E-state index contributed by atoms with van der Waals surface area (Å²) in [5.74, 6) is 0.844. The Morgan fingerprint density at radius 2 is 2.11 bits per heavy atom. The van der Waals surface area contributed by atoms with E-state index >= 15 is 0 Å². The summed E-state index contributed by atoms with van der Waals surface area (Å²) < 4.78 is 0. The molecule has 106 valence electrons. The maximum Gasteiger partial charge on any atom is 0.239 e. The van der Waals surface area contributed by atoms with Gasteiger partial charge in [-0.3, -0.25) is 4.79 Å². The Morgan fingerprint density at radius 1 is 1.50 bits per heavy atom. The van der Waals surface area contributed by atoms with Gasteiger partial charge >= 0.3 is 0 Å². The predicted octanol–water partition coefficient (Wildman–Crippen LogP) is 1.21. The van der Waals surface area contributed by atoms with Crippen molar-refractivity contribution in [3.8, 4) is 0 Å². The lowest BCUT2D eigenvalue weighted by Gasteiger charge is -2.36. The molecule has 18 heavy (non-hydrogen) atoms. The number of nitrogens with two attached hydrogens (primary N) is 1. The summed E-state index contributed by atoms with van der Waals surface area (Å²) >= 11 is 0. The van der Waals surface area contributed by atoms with Gasteiger partial charge in [0.05, 0.1) is 0 Å². The van der Waals surface area contributed by atoms with Gasteiger partial charge < -0.3 is 16.0 Å². The SMILES string of the molecule is CCCNC(CN(C)CC(C)C)(C(N)=O)C1CC1. The molecular weight excluding hydrogens is 226 g/mol. The van der Waals surface area contributed by atoms with Gasteiger partial charge in [0.15, 0.2) is 0 Å². The minimum absolute atomic E-state index is 0.186. The van der Waals surface area contributed by atoms with Gasteiger partial charge in [0.2, 0.25) is 5.91 Å². The summed E-state index contributed by atoms with van der Waals surface area (Å²) in [6.07, 6.45) is 3.26. The van der Waals surface area contributed by atoms with E-state index in [0.29, 0.717) is 11.8 Å². The molecular formula is C14H29N3O. The highest BCUT2D eigenvalue weighted by atomic mass is 16.1. The third-order valence-electron chi connectivity index (χ3n) is 3.60. The number of nitrogens with zero attached hydrogens (tertiary/aromatic N) is 1. The average Bonchev–Trinajstić information content (AvgIpc) is 3.06. The molecule has 1 amide bonds. The lowest BCUT2D eigenvalue weighted by atomic mass is 9.91. The molecule has 1 aliphatic rings. The van der Waals surface area contributed by atoms with Crippen molar-refractivity contribution in [1.29, 1.82) is 0 Å². The van der Waals surface area contributed by atoms with E-state index in [1.165, 1.54) is 0 Å². The first-order valence-corrected chi connectivity index (χ1v) is 7.15. The molecule has 0 aliphatic heterocycles. The van der Waals surface area contributed by atoms with Crippen LogP contribution in [-0.2, 0) is 4.79 Å². The lowest BCUT2D eigenvalue weighted by molar-refractivity contribution is -0.126. The second-order valence-corrected chi connectivity index (χ2v) is 6.13. The molecule has 4 nitrogen and oxygen atoms in total. The molecule has 4 heteroatoms. The van der Waals surface area contributed by atoms with E-state index in [1.807, 2.05) is 0 Å². The maximum atomic E-state index is 12.0. The van der Waals surface area contributed by atoms with E-state index < -0.39 is 5.54 Å². The fourth-order valence-electron chi connectivity index (χ4n) is 2.73. The highest BCUT2D eigenvalue weighted by Gasteiger charge is 2.49. The second kappa shape index (κ2) is 6.53. The Kier molecular flexibility index (Phi) is 5.60. The smallest absolute Gasteiger partial charge is 0.239 e. The van der Waals surface area contributed by atoms with Gasteiger partial charge in [0.1, 0.15) is 5.54 Å². The van der Waals surface area contributed by atoms with E-state index in [9.17, 15) is 4.79 Å². The van der Waals surface area contributed by atoms with E-state index in [4.69, 9.17) is 5.73 Å². The number of hydrogen-bond acceptors (Lipinski definition) is 3. The summed E-state index contributed by atoms with van der Waals surface area (Å²) in [6, 6.07) is 0. The zero-order valence-electron chi connectivity index (χ0n) is 12.3. The highest BCUT2D eigenvalue weighted by molar-refractivity contribution is 5.86. The van der Waals surface area contributed by atoms with Crippen molar-refractivity contribution in [2.75, 3.05) is 26.7 Å². The molecule has 1 rings (SSSR count). The minimum atomic E-state index is -0.514. The van der Waals surface area contributed by atoms with Crippen LogP contribution in [0.3, 0.4) is 0 Å². The van der Waals surface area contributed by atoms with Crippen molar-refractivity contribution < 1.29 is 4.79 Å². The van der Waals surface area contributed by atoms with Gasteiger partial charge in [-0.25, -0.2) is 0 Å². The maximum absolute atomic E-state index is 12.0. The lowest BCUT2D eigenvalue weighted by Crippen LogP contribution is -2.63. The van der Waals surface area contributed by atoms with Crippen LogP contribution in [-0.4, -0.2) is 43.0 Å². The van der Waals surface area contributed by atoms with Crippen molar-refractivity contribution in [3.63, 3.8) is 0 Å². The van der Waals surface area contributed by atoms with Gasteiger partial charge in [-0.05, 0) is 44.7 Å². The van der Waals surface area contributed by atoms with Crippen LogP contribution >= 0.6 is 0 Å². The van der Waals surface area contributed by atoms with Gasteiger partial charge in [-0.2, -0.15) is 0 Å². The summed E-state index contributed by atoms with van der Waals surface area (Å²) in [5, 5.41) is 3.43. The van der Waals surface area contributed by atoms with Gasteiger partial charge in [-0.15, -0.1) is 0 Å². The third kappa shape index (κ3) is 3.95. The first-order valence-electron chi connectivity index (χ1n) is 7.15. The number of rotatable bonds is 9. The van der Waals surface area contributed by atoms with E-state index in [2.05, 4.69) is 38.0 Å². The fourth-order valence-corrected chi connectivity index (χ4v) is 2.73. The monoisotopic (exact) mass is 255 g/mol. The average molecular weight is 255 g/mol. The molecule has 0 saturated heterocycles. The minimum Gasteiger partial charge on any atom is -0.368 e. The number of hydrogen-bond donors (Lipinski definition) is 2. The van der Waals surface area contributed by atoms with Crippen LogP contribution in [0.2, 0.25) is 0 Å². The van der Waals surface area contributed by atoms with Crippen LogP contribution in [0.5, 0.6) is 0 Å². The first kappa shape index (κ1) is 15.4. The van der Waals surface area contributed by atoms with E-state index in [0.717, 1.165) is 38.9 Å². The summed E-state index contributed by atoms with van der Waals surface area (Å²) in [5.41, 5.74) is 5.19. The zero-order chi connectivity index (χ0) is 13.8. The molecule has 3 N–H and O–H groups in total. The Morgan fingerprint density at radius 3 is 2.50 bits per heavy atom. The number of carbonyl (C=O) groups is 1. The Labute approximate surface area is 111 Å². The Balaban J connectivity index is 2.71. The van der Waals surface area contributed by atoms with Crippen LogP contribution in [0.1, 0.15) is 40.0 Å². The van der Waals surface area contributed by atoms with Crippen molar-refractivity contribution in [2.24, 2.45) is 17.6 Å². The molecule has 1 aliphatic carbocycles. The standard InChI is InChI=1S/C14H29N3O/c1-5-8-16-14(13(15)18,12-6-7-12)10-17(4)9-11(2)3/h11-12,16H,5-10H2,1-4H3,(H2,15,18). The molecule has 0 bridgehead atoms. The number of likely N-dealkylation sites (N-methyl/N-ethyl adjacent to an activating group) is 1. The number of carbonyl (C=O) groups excluding carboxylic acids is 1. The molecule has 1 atom stereocenters. The van der Waals surface area contributed by atoms with Crippen LogP contribution in [0, 0.1) is 11.8 Å². The topological polar surface area (TPSA) is 58.4 Å². The fraction of sp³-hybridized carbons (Fsp3) is 0.929. The molecule has 0 radical (unpaired) electrons. The largest absolute Gasteiger partial charge is 0.368 e. The van der Waals surface area contributed by atoms with Crippen molar-refractivity contribution in [2.45, 2.75) is 45.6 Å². The molecule has 0 heterocycles. The molecule has 0 aromatic rings. The van der Waals surface area contributed by atoms with Crippen LogP contribution in [0.15, 0.2) is 0 Å². The number of amides is 1. The summed E-state index contributed by atoms with van der Waals surface area (Å²) in [4.78, 5) is 14.2. The van der Waals surface area contributed by atoms with Crippen LogP contribution in [0.25, 0.3) is 0 Å². The van der Waals surface area contributed by atoms with Crippen molar-refractivity contribution in [1.82, 2.24) is 10.2 Å². The Hall–Kier alpha value is -0.610. The van der Waals surface area contributed by atoms with Crippen LogP contribution in [0.4, 0.5) is 0 Å². The molecule has 0 aromatic heterocycles. The Bertz CT molecular complexity index is 276. The predicted molar refractivity (Wildman–Crippen MR) is 75.3 cm³/mol. The molecule has 1 fully saturated rings. The van der Waals surface area contributed by atoms with Gasteiger partial charge in [0.25, 0.3) is 0 Å². The van der Waals surface area contributed by atoms with Gasteiger partial charge in [0, 0.05) is 13.1 Å². The number of nitrogens with one attached hydrogen (secondary N) is 1. The summed E-state index contributed by atoms with van der Waals surface area (Å²) in [7, 11) is 2.08. The van der Waals surface area contributed by atoms with Crippen molar-refractivity contribution in [3.05, 3.63) is 0 Å². The normalized spacial score (nSPS) is 19.2. The molecule has 0 spiro atoms. The first-order chi connectivity index (χ1) is 8.42. The zero-order valence-corrected chi connectivity index (χ0v) is 12.3. The summed E-state index contributed by atoms with van der Waals surface area (Å²) in [6.45, 7) is 9.08. The van der Waals surface area contributed by atoms with E-state index in [-0.39, 0.29) is 5.91 Å². The second-order valence-electron chi connectivity index (χ2n) is 6.13. The number of primary amides is 1. The molecule has 0 aromatic carbocycles. The van der Waals surface area contributed by atoms with Crippen molar-refractivity contribution >= 4 is 5.91 Å². The van der Waals surface area contributed by atoms with Gasteiger partial charge in [-0.1, -0.05) is 20.8 Å². The van der Waals surface area contributed by atoms with E-state index in [1.54, 1.807) is 0 Å².